The topological polar surface area (TPSA) is 3.24 Å². The van der Waals surface area contributed by atoms with Crippen LogP contribution in [0.25, 0.3) is 21.9 Å². The molecule has 0 amide bonds. The Kier molecular flexibility index (Phi) is 5.52. The van der Waals surface area contributed by atoms with Crippen molar-refractivity contribution < 1.29 is 0 Å². The summed E-state index contributed by atoms with van der Waals surface area (Å²) in [7, 11) is 0. The number of hydrogen-bond acceptors (Lipinski definition) is 1. The van der Waals surface area contributed by atoms with Crippen LogP contribution in [0.5, 0.6) is 0 Å². The monoisotopic (exact) mass is 593 g/mol. The van der Waals surface area contributed by atoms with Crippen molar-refractivity contribution in [1.82, 2.24) is 0 Å². The Hall–Kier alpha value is -2.88. The molecule has 36 heavy (non-hydrogen) atoms. The second-order valence-electron chi connectivity index (χ2n) is 10.1. The zero-order valence-electron chi connectivity index (χ0n) is 19.8. The van der Waals surface area contributed by atoms with E-state index in [0.29, 0.717) is 0 Å². The Labute approximate surface area is 229 Å². The summed E-state index contributed by atoms with van der Waals surface area (Å²) in [6.07, 6.45) is 4.04. The zero-order valence-corrected chi connectivity index (χ0v) is 23.0. The van der Waals surface area contributed by atoms with E-state index in [1.165, 1.54) is 46.8 Å². The van der Waals surface area contributed by atoms with Crippen LogP contribution in [0.4, 0.5) is 17.1 Å². The Morgan fingerprint density at radius 2 is 1.17 bits per heavy atom. The minimum absolute atomic E-state index is 0.739. The minimum Gasteiger partial charge on any atom is -0.310 e. The van der Waals surface area contributed by atoms with E-state index in [2.05, 4.69) is 140 Å². The van der Waals surface area contributed by atoms with Gasteiger partial charge in [-0.2, -0.15) is 0 Å². The van der Waals surface area contributed by atoms with Gasteiger partial charge in [0, 0.05) is 25.9 Å². The van der Waals surface area contributed by atoms with Crippen molar-refractivity contribution in [3.8, 4) is 11.1 Å². The van der Waals surface area contributed by atoms with Gasteiger partial charge in [0.1, 0.15) is 0 Å². The Morgan fingerprint density at radius 1 is 0.583 bits per heavy atom. The van der Waals surface area contributed by atoms with E-state index in [4.69, 9.17) is 0 Å². The lowest BCUT2D eigenvalue weighted by atomic mass is 9.88. The lowest BCUT2D eigenvalue weighted by Crippen LogP contribution is -2.11. The SMILES string of the molecule is Brc1ccc(N(c2ccc(Br)cc2)c2cc3ccccc3cc2-c2ccc3c(c2)C2CCC3C2)cc1. The smallest absolute Gasteiger partial charge is 0.0546 e. The molecule has 7 rings (SSSR count). The molecule has 2 atom stereocenters. The van der Waals surface area contributed by atoms with E-state index >= 15 is 0 Å². The average Bonchev–Trinajstić information content (AvgIpc) is 3.53. The van der Waals surface area contributed by atoms with Crippen molar-refractivity contribution >= 4 is 59.7 Å². The molecule has 2 aliphatic carbocycles. The highest BCUT2D eigenvalue weighted by Gasteiger charge is 2.36. The first kappa shape index (κ1) is 22.3. The largest absolute Gasteiger partial charge is 0.310 e. The summed E-state index contributed by atoms with van der Waals surface area (Å²) in [5.41, 5.74) is 9.22. The first-order valence-electron chi connectivity index (χ1n) is 12.6. The van der Waals surface area contributed by atoms with Crippen LogP contribution in [-0.4, -0.2) is 0 Å². The van der Waals surface area contributed by atoms with E-state index in [1.807, 2.05) is 0 Å². The number of hydrogen-bond donors (Lipinski definition) is 0. The first-order valence-corrected chi connectivity index (χ1v) is 14.2. The van der Waals surface area contributed by atoms with Gasteiger partial charge < -0.3 is 4.90 Å². The summed E-state index contributed by atoms with van der Waals surface area (Å²) in [6, 6.07) is 37.9. The second kappa shape index (κ2) is 8.90. The lowest BCUT2D eigenvalue weighted by Gasteiger charge is -2.29. The minimum atomic E-state index is 0.739. The van der Waals surface area contributed by atoms with Crippen LogP contribution in [-0.2, 0) is 0 Å². The van der Waals surface area contributed by atoms with Crippen LogP contribution in [0.1, 0.15) is 42.2 Å². The molecule has 2 bridgehead atoms. The fourth-order valence-corrected chi connectivity index (χ4v) is 6.79. The highest BCUT2D eigenvalue weighted by molar-refractivity contribution is 9.10. The molecule has 5 aromatic carbocycles. The summed E-state index contributed by atoms with van der Waals surface area (Å²) >= 11 is 7.24. The highest BCUT2D eigenvalue weighted by Crippen LogP contribution is 2.54. The standard InChI is InChI=1S/C33H25Br2N/c34-26-8-12-28(13-9-26)36(29-14-10-27(35)11-15-29)33-20-22-4-2-1-3-21(22)18-32(33)25-7-16-30-23-5-6-24(17-23)31(30)19-25/h1-4,7-16,18-20,23-24H,5-6,17H2. The molecule has 1 saturated carbocycles. The number of rotatable bonds is 4. The molecular weight excluding hydrogens is 570 g/mol. The van der Waals surface area contributed by atoms with Gasteiger partial charge in [0.2, 0.25) is 0 Å². The van der Waals surface area contributed by atoms with Crippen LogP contribution >= 0.6 is 31.9 Å². The summed E-state index contributed by atoms with van der Waals surface area (Å²) < 4.78 is 2.16. The maximum absolute atomic E-state index is 3.62. The number of anilines is 3. The highest BCUT2D eigenvalue weighted by atomic mass is 79.9. The van der Waals surface area contributed by atoms with Crippen molar-refractivity contribution in [1.29, 1.82) is 0 Å². The number of fused-ring (bicyclic) bond motifs is 6. The summed E-state index contributed by atoms with van der Waals surface area (Å²) in [6.45, 7) is 0. The summed E-state index contributed by atoms with van der Waals surface area (Å²) in [5.74, 6) is 1.51. The van der Waals surface area contributed by atoms with E-state index in [9.17, 15) is 0 Å². The van der Waals surface area contributed by atoms with Crippen LogP contribution < -0.4 is 4.90 Å². The predicted molar refractivity (Wildman–Crippen MR) is 159 cm³/mol. The van der Waals surface area contributed by atoms with E-state index in [0.717, 1.165) is 32.2 Å². The molecule has 0 aliphatic heterocycles. The van der Waals surface area contributed by atoms with E-state index in [1.54, 1.807) is 11.1 Å². The van der Waals surface area contributed by atoms with Crippen molar-refractivity contribution in [2.24, 2.45) is 0 Å². The van der Waals surface area contributed by atoms with Gasteiger partial charge in [-0.3, -0.25) is 0 Å². The third kappa shape index (κ3) is 3.81. The molecule has 0 N–H and O–H groups in total. The van der Waals surface area contributed by atoms with Gasteiger partial charge in [0.25, 0.3) is 0 Å². The van der Waals surface area contributed by atoms with Gasteiger partial charge in [-0.05, 0) is 119 Å². The van der Waals surface area contributed by atoms with Crippen molar-refractivity contribution in [3.63, 3.8) is 0 Å². The molecule has 2 aliphatic rings. The van der Waals surface area contributed by atoms with Gasteiger partial charge in [-0.1, -0.05) is 74.3 Å². The fourth-order valence-electron chi connectivity index (χ4n) is 6.27. The summed E-state index contributed by atoms with van der Waals surface area (Å²) in [4.78, 5) is 2.39. The molecule has 0 radical (unpaired) electrons. The first-order chi connectivity index (χ1) is 17.6. The van der Waals surface area contributed by atoms with Crippen LogP contribution in [0, 0.1) is 0 Å². The quantitative estimate of drug-likeness (QED) is 0.200. The third-order valence-electron chi connectivity index (χ3n) is 7.98. The molecule has 1 fully saturated rings. The molecule has 2 unspecified atom stereocenters. The van der Waals surface area contributed by atoms with Crippen LogP contribution in [0.3, 0.4) is 0 Å². The van der Waals surface area contributed by atoms with Gasteiger partial charge in [0.05, 0.1) is 5.69 Å². The molecular formula is C33H25Br2N. The Bertz CT molecular complexity index is 1540. The predicted octanol–water partition coefficient (Wildman–Crippen LogP) is 10.9. The number of halogens is 2. The van der Waals surface area contributed by atoms with Gasteiger partial charge >= 0.3 is 0 Å². The van der Waals surface area contributed by atoms with Gasteiger partial charge in [-0.15, -0.1) is 0 Å². The van der Waals surface area contributed by atoms with Crippen molar-refractivity contribution in [2.75, 3.05) is 4.90 Å². The Balaban J connectivity index is 1.48. The molecule has 0 saturated heterocycles. The average molecular weight is 595 g/mol. The van der Waals surface area contributed by atoms with Gasteiger partial charge in [-0.25, -0.2) is 0 Å². The lowest BCUT2D eigenvalue weighted by molar-refractivity contribution is 0.718. The fraction of sp³-hybridized carbons (Fsp3) is 0.152. The molecule has 3 heteroatoms. The van der Waals surface area contributed by atoms with Crippen LogP contribution in [0.2, 0.25) is 0 Å². The van der Waals surface area contributed by atoms with E-state index in [-0.39, 0.29) is 0 Å². The van der Waals surface area contributed by atoms with Crippen molar-refractivity contribution in [2.45, 2.75) is 31.1 Å². The molecule has 176 valence electrons. The van der Waals surface area contributed by atoms with E-state index < -0.39 is 0 Å². The molecule has 0 heterocycles. The normalized spacial score (nSPS) is 17.9. The molecule has 0 spiro atoms. The molecule has 0 aromatic heterocycles. The molecule has 1 nitrogen and oxygen atoms in total. The number of nitrogens with zero attached hydrogens (tertiary/aromatic N) is 1. The maximum Gasteiger partial charge on any atom is 0.0546 e. The third-order valence-corrected chi connectivity index (χ3v) is 9.04. The zero-order chi connectivity index (χ0) is 24.2. The Morgan fingerprint density at radius 3 is 1.81 bits per heavy atom. The second-order valence-corrected chi connectivity index (χ2v) is 11.9. The van der Waals surface area contributed by atoms with Gasteiger partial charge in [0.15, 0.2) is 0 Å². The number of benzene rings is 5. The van der Waals surface area contributed by atoms with Crippen molar-refractivity contribution in [3.05, 3.63) is 123 Å². The molecule has 5 aromatic rings. The maximum atomic E-state index is 3.62. The summed E-state index contributed by atoms with van der Waals surface area (Å²) in [5, 5.41) is 2.51. The van der Waals surface area contributed by atoms with Crippen LogP contribution in [0.15, 0.2) is 112 Å².